The van der Waals surface area contributed by atoms with E-state index in [-0.39, 0.29) is 24.3 Å². The van der Waals surface area contributed by atoms with Crippen molar-refractivity contribution in [2.75, 3.05) is 14.2 Å². The van der Waals surface area contributed by atoms with Crippen LogP contribution in [0.1, 0.15) is 23.2 Å². The average Bonchev–Trinajstić information content (AvgIpc) is 2.49. The van der Waals surface area contributed by atoms with Crippen molar-refractivity contribution < 1.29 is 23.9 Å². The summed E-state index contributed by atoms with van der Waals surface area (Å²) in [6, 6.07) is 4.20. The minimum atomic E-state index is -0.746. The fraction of sp³-hybridized carbons (Fsp3) is 0.357. The molecule has 2 rings (SSSR count). The summed E-state index contributed by atoms with van der Waals surface area (Å²) in [4.78, 5) is 35.1. The number of imide groups is 1. The Labute approximate surface area is 121 Å². The molecule has 21 heavy (non-hydrogen) atoms. The topological polar surface area (TPSA) is 93.7 Å². The highest BCUT2D eigenvalue weighted by molar-refractivity contribution is 6.05. The Balaban J connectivity index is 2.21. The third-order valence-corrected chi connectivity index (χ3v) is 3.20. The number of nitrogens with one attached hydrogen (secondary N) is 2. The van der Waals surface area contributed by atoms with Gasteiger partial charge in [0.1, 0.15) is 23.1 Å². The molecule has 1 aromatic rings. The van der Waals surface area contributed by atoms with Crippen LogP contribution in [-0.2, 0) is 9.59 Å². The molecular formula is C14H16N2O5. The largest absolute Gasteiger partial charge is 0.496 e. The van der Waals surface area contributed by atoms with Gasteiger partial charge in [-0.25, -0.2) is 0 Å². The van der Waals surface area contributed by atoms with Gasteiger partial charge in [0.05, 0.1) is 14.2 Å². The van der Waals surface area contributed by atoms with E-state index in [0.717, 1.165) is 0 Å². The number of carbonyl (C=O) groups is 3. The Morgan fingerprint density at radius 2 is 1.86 bits per heavy atom. The highest BCUT2D eigenvalue weighted by Gasteiger charge is 2.29. The van der Waals surface area contributed by atoms with Crippen molar-refractivity contribution in [1.82, 2.24) is 10.6 Å². The van der Waals surface area contributed by atoms with Crippen LogP contribution in [0.25, 0.3) is 0 Å². The number of methoxy groups -OCH3 is 2. The summed E-state index contributed by atoms with van der Waals surface area (Å²) in [5.41, 5.74) is 0.215. The molecule has 1 aliphatic rings. The normalized spacial score (nSPS) is 17.9. The van der Waals surface area contributed by atoms with Crippen molar-refractivity contribution in [3.63, 3.8) is 0 Å². The first-order valence-corrected chi connectivity index (χ1v) is 6.42. The number of benzene rings is 1. The molecule has 112 valence electrons. The summed E-state index contributed by atoms with van der Waals surface area (Å²) in [6.45, 7) is 0. The summed E-state index contributed by atoms with van der Waals surface area (Å²) in [7, 11) is 2.88. The first-order valence-electron chi connectivity index (χ1n) is 6.42. The van der Waals surface area contributed by atoms with Crippen LogP contribution in [0.2, 0.25) is 0 Å². The van der Waals surface area contributed by atoms with Crippen molar-refractivity contribution >= 4 is 17.7 Å². The zero-order chi connectivity index (χ0) is 15.4. The fourth-order valence-corrected chi connectivity index (χ4v) is 2.14. The van der Waals surface area contributed by atoms with Crippen molar-refractivity contribution in [3.05, 3.63) is 23.8 Å². The van der Waals surface area contributed by atoms with E-state index in [1.54, 1.807) is 18.2 Å². The molecule has 1 aliphatic heterocycles. The minimum absolute atomic E-state index is 0.194. The molecule has 2 N–H and O–H groups in total. The van der Waals surface area contributed by atoms with Gasteiger partial charge >= 0.3 is 0 Å². The summed E-state index contributed by atoms with van der Waals surface area (Å²) in [5.74, 6) is -0.633. The summed E-state index contributed by atoms with van der Waals surface area (Å²) < 4.78 is 10.3. The molecule has 1 aromatic carbocycles. The predicted molar refractivity (Wildman–Crippen MR) is 73.2 cm³/mol. The number of hydrogen-bond acceptors (Lipinski definition) is 5. The van der Waals surface area contributed by atoms with E-state index in [1.165, 1.54) is 14.2 Å². The smallest absolute Gasteiger partial charge is 0.259 e. The van der Waals surface area contributed by atoms with Gasteiger partial charge in [-0.05, 0) is 18.6 Å². The molecule has 0 aliphatic carbocycles. The Kier molecular flexibility index (Phi) is 4.42. The Bertz CT molecular complexity index is 562. The zero-order valence-electron chi connectivity index (χ0n) is 11.8. The standard InChI is InChI=1S/C14H16N2O5/c1-20-9-4-3-5-10(21-2)12(9)14(19)15-8-6-7-11(17)16-13(8)18/h3-5,8H,6-7H2,1-2H3,(H,15,19)(H,16,17,18). The summed E-state index contributed by atoms with van der Waals surface area (Å²) in [6.07, 6.45) is 0.466. The van der Waals surface area contributed by atoms with Crippen LogP contribution in [-0.4, -0.2) is 38.0 Å². The summed E-state index contributed by atoms with van der Waals surface area (Å²) in [5, 5.41) is 4.78. The van der Waals surface area contributed by atoms with E-state index in [4.69, 9.17) is 9.47 Å². The number of ether oxygens (including phenoxy) is 2. The van der Waals surface area contributed by atoms with Gasteiger partial charge in [-0.3, -0.25) is 19.7 Å². The van der Waals surface area contributed by atoms with Crippen LogP contribution < -0.4 is 20.1 Å². The summed E-state index contributed by atoms with van der Waals surface area (Å²) >= 11 is 0. The average molecular weight is 292 g/mol. The lowest BCUT2D eigenvalue weighted by Gasteiger charge is -2.22. The molecule has 0 saturated carbocycles. The zero-order valence-corrected chi connectivity index (χ0v) is 11.8. The van der Waals surface area contributed by atoms with Crippen LogP contribution >= 0.6 is 0 Å². The molecule has 0 bridgehead atoms. The van der Waals surface area contributed by atoms with Crippen LogP contribution in [0.15, 0.2) is 18.2 Å². The number of amides is 3. The molecular weight excluding hydrogens is 276 g/mol. The van der Waals surface area contributed by atoms with Crippen molar-refractivity contribution in [3.8, 4) is 11.5 Å². The van der Waals surface area contributed by atoms with Crippen LogP contribution in [0, 0.1) is 0 Å². The first kappa shape index (κ1) is 14.8. The van der Waals surface area contributed by atoms with E-state index in [2.05, 4.69) is 10.6 Å². The molecule has 1 unspecified atom stereocenters. The van der Waals surface area contributed by atoms with Gasteiger partial charge in [0, 0.05) is 6.42 Å². The molecule has 0 radical (unpaired) electrons. The SMILES string of the molecule is COc1cccc(OC)c1C(=O)NC1CCC(=O)NC1=O. The highest BCUT2D eigenvalue weighted by Crippen LogP contribution is 2.28. The minimum Gasteiger partial charge on any atom is -0.496 e. The van der Waals surface area contributed by atoms with Crippen LogP contribution in [0.3, 0.4) is 0 Å². The molecule has 3 amide bonds. The maximum atomic E-state index is 12.4. The van der Waals surface area contributed by atoms with Gasteiger partial charge in [0.25, 0.3) is 5.91 Å². The van der Waals surface area contributed by atoms with E-state index in [0.29, 0.717) is 11.5 Å². The predicted octanol–water partition coefficient (Wildman–Crippen LogP) is 0.239. The second-order valence-corrected chi connectivity index (χ2v) is 4.51. The molecule has 0 aromatic heterocycles. The fourth-order valence-electron chi connectivity index (χ4n) is 2.14. The Hall–Kier alpha value is -2.57. The quantitative estimate of drug-likeness (QED) is 0.775. The van der Waals surface area contributed by atoms with Gasteiger partial charge in [-0.15, -0.1) is 0 Å². The van der Waals surface area contributed by atoms with Crippen molar-refractivity contribution in [2.24, 2.45) is 0 Å². The Morgan fingerprint density at radius 1 is 1.24 bits per heavy atom. The van der Waals surface area contributed by atoms with Gasteiger partial charge in [-0.1, -0.05) is 6.07 Å². The van der Waals surface area contributed by atoms with E-state index in [1.807, 2.05) is 0 Å². The molecule has 1 fully saturated rings. The third kappa shape index (κ3) is 3.13. The monoisotopic (exact) mass is 292 g/mol. The Morgan fingerprint density at radius 3 is 2.38 bits per heavy atom. The van der Waals surface area contributed by atoms with Crippen LogP contribution in [0.5, 0.6) is 11.5 Å². The lowest BCUT2D eigenvalue weighted by atomic mass is 10.0. The highest BCUT2D eigenvalue weighted by atomic mass is 16.5. The van der Waals surface area contributed by atoms with Gasteiger partial charge in [0.15, 0.2) is 0 Å². The lowest BCUT2D eigenvalue weighted by molar-refractivity contribution is -0.134. The number of rotatable bonds is 4. The second kappa shape index (κ2) is 6.25. The second-order valence-electron chi connectivity index (χ2n) is 4.51. The molecule has 1 atom stereocenters. The lowest BCUT2D eigenvalue weighted by Crippen LogP contribution is -2.52. The molecule has 1 saturated heterocycles. The van der Waals surface area contributed by atoms with E-state index >= 15 is 0 Å². The van der Waals surface area contributed by atoms with Crippen molar-refractivity contribution in [2.45, 2.75) is 18.9 Å². The molecule has 1 heterocycles. The molecule has 0 spiro atoms. The molecule has 7 nitrogen and oxygen atoms in total. The number of piperidine rings is 1. The number of hydrogen-bond donors (Lipinski definition) is 2. The van der Waals surface area contributed by atoms with E-state index in [9.17, 15) is 14.4 Å². The first-order chi connectivity index (χ1) is 10.1. The van der Waals surface area contributed by atoms with E-state index < -0.39 is 17.9 Å². The maximum Gasteiger partial charge on any atom is 0.259 e. The molecule has 7 heteroatoms. The van der Waals surface area contributed by atoms with Crippen molar-refractivity contribution in [1.29, 1.82) is 0 Å². The van der Waals surface area contributed by atoms with Gasteiger partial charge in [-0.2, -0.15) is 0 Å². The van der Waals surface area contributed by atoms with Crippen LogP contribution in [0.4, 0.5) is 0 Å². The van der Waals surface area contributed by atoms with Gasteiger partial charge in [0.2, 0.25) is 11.8 Å². The number of carbonyl (C=O) groups excluding carboxylic acids is 3. The third-order valence-electron chi connectivity index (χ3n) is 3.20. The maximum absolute atomic E-state index is 12.4. The van der Waals surface area contributed by atoms with Gasteiger partial charge < -0.3 is 14.8 Å².